The van der Waals surface area contributed by atoms with E-state index in [1.165, 1.54) is 5.56 Å². The molecule has 2 aromatic rings. The van der Waals surface area contributed by atoms with Crippen molar-refractivity contribution >= 4 is 22.8 Å². The third kappa shape index (κ3) is 3.41. The molecule has 2 aliphatic rings. The Labute approximate surface area is 165 Å². The quantitative estimate of drug-likeness (QED) is 0.885. The van der Waals surface area contributed by atoms with Gasteiger partial charge in [0.1, 0.15) is 11.3 Å². The number of nitrogens with one attached hydrogen (secondary N) is 1. The molecule has 1 aromatic heterocycles. The molecule has 6 nitrogen and oxygen atoms in total. The summed E-state index contributed by atoms with van der Waals surface area (Å²) in [5, 5.41) is 4.28. The Morgan fingerprint density at radius 1 is 1.21 bits per heavy atom. The fraction of sp³-hybridized carbons (Fsp3) is 0.545. The van der Waals surface area contributed by atoms with Gasteiger partial charge in [0.2, 0.25) is 11.8 Å². The highest BCUT2D eigenvalue weighted by molar-refractivity contribution is 5.81. The summed E-state index contributed by atoms with van der Waals surface area (Å²) in [4.78, 5) is 27.8. The maximum atomic E-state index is 11.8. The van der Waals surface area contributed by atoms with Gasteiger partial charge < -0.3 is 14.6 Å². The highest BCUT2D eigenvalue weighted by atomic mass is 16.3. The largest absolute Gasteiger partial charge is 0.459 e. The monoisotopic (exact) mass is 383 g/mol. The lowest BCUT2D eigenvalue weighted by atomic mass is 9.84. The molecule has 4 rings (SSSR count). The molecule has 0 saturated carbocycles. The number of fused-ring (bicyclic) bond motifs is 1. The highest BCUT2D eigenvalue weighted by Gasteiger charge is 2.47. The summed E-state index contributed by atoms with van der Waals surface area (Å²) < 4.78 is 6.18. The molecule has 2 amide bonds. The first-order valence-corrected chi connectivity index (χ1v) is 10.1. The number of piperidine rings is 1. The molecule has 3 heterocycles. The van der Waals surface area contributed by atoms with Crippen LogP contribution in [0, 0.1) is 6.92 Å². The first-order valence-electron chi connectivity index (χ1n) is 10.1. The lowest BCUT2D eigenvalue weighted by Gasteiger charge is -2.44. The molecule has 1 atom stereocenters. The Bertz CT molecular complexity index is 896. The van der Waals surface area contributed by atoms with Gasteiger partial charge in [0, 0.05) is 50.4 Å². The second kappa shape index (κ2) is 7.24. The van der Waals surface area contributed by atoms with E-state index in [-0.39, 0.29) is 23.4 Å². The van der Waals surface area contributed by atoms with Crippen LogP contribution in [0.4, 0.5) is 0 Å². The summed E-state index contributed by atoms with van der Waals surface area (Å²) in [6.07, 6.45) is 2.79. The van der Waals surface area contributed by atoms with E-state index in [1.54, 1.807) is 13.8 Å². The Morgan fingerprint density at radius 3 is 2.57 bits per heavy atom. The Kier molecular flexibility index (Phi) is 4.91. The summed E-state index contributed by atoms with van der Waals surface area (Å²) in [7, 11) is 0. The minimum Gasteiger partial charge on any atom is -0.459 e. The van der Waals surface area contributed by atoms with Gasteiger partial charge in [-0.2, -0.15) is 0 Å². The van der Waals surface area contributed by atoms with E-state index in [4.69, 9.17) is 4.42 Å². The molecule has 28 heavy (non-hydrogen) atoms. The minimum atomic E-state index is 0.00445. The summed E-state index contributed by atoms with van der Waals surface area (Å²) >= 11 is 0. The lowest BCUT2D eigenvalue weighted by Crippen LogP contribution is -2.52. The predicted molar refractivity (Wildman–Crippen MR) is 108 cm³/mol. The van der Waals surface area contributed by atoms with Crippen LogP contribution in [0.1, 0.15) is 44.4 Å². The summed E-state index contributed by atoms with van der Waals surface area (Å²) in [6, 6.07) is 8.29. The molecule has 0 aliphatic carbocycles. The molecular formula is C22H29N3O3. The van der Waals surface area contributed by atoms with Gasteiger partial charge in [-0.25, -0.2) is 0 Å². The number of carbonyl (C=O) groups excluding carboxylic acids is 2. The number of benzene rings is 1. The molecule has 2 aliphatic heterocycles. The van der Waals surface area contributed by atoms with Crippen molar-refractivity contribution < 1.29 is 14.0 Å². The number of hydrogen-bond acceptors (Lipinski definition) is 4. The number of rotatable bonds is 3. The van der Waals surface area contributed by atoms with Crippen molar-refractivity contribution in [3.8, 4) is 0 Å². The Hall–Kier alpha value is -2.34. The van der Waals surface area contributed by atoms with Crippen molar-refractivity contribution in [3.05, 3.63) is 35.6 Å². The Morgan fingerprint density at radius 2 is 1.93 bits per heavy atom. The summed E-state index contributed by atoms with van der Waals surface area (Å²) in [5.74, 6) is 1.16. The van der Waals surface area contributed by atoms with Crippen LogP contribution in [0.2, 0.25) is 0 Å². The van der Waals surface area contributed by atoms with Crippen molar-refractivity contribution in [1.29, 1.82) is 0 Å². The maximum Gasteiger partial charge on any atom is 0.219 e. The van der Waals surface area contributed by atoms with Gasteiger partial charge in [-0.15, -0.1) is 0 Å². The highest BCUT2D eigenvalue weighted by Crippen LogP contribution is 2.40. The number of amides is 2. The smallest absolute Gasteiger partial charge is 0.219 e. The van der Waals surface area contributed by atoms with Gasteiger partial charge in [0.05, 0.1) is 6.54 Å². The van der Waals surface area contributed by atoms with E-state index in [9.17, 15) is 9.59 Å². The molecule has 2 fully saturated rings. The molecule has 1 N–H and O–H groups in total. The van der Waals surface area contributed by atoms with E-state index in [0.29, 0.717) is 0 Å². The third-order valence-electron chi connectivity index (χ3n) is 6.56. The van der Waals surface area contributed by atoms with Crippen molar-refractivity contribution in [3.63, 3.8) is 0 Å². The van der Waals surface area contributed by atoms with Gasteiger partial charge in [0.25, 0.3) is 0 Å². The van der Waals surface area contributed by atoms with Crippen molar-refractivity contribution in [2.75, 3.05) is 19.6 Å². The Balaban J connectivity index is 1.59. The van der Waals surface area contributed by atoms with E-state index in [0.717, 1.165) is 62.2 Å². The summed E-state index contributed by atoms with van der Waals surface area (Å²) in [6.45, 7) is 8.44. The first-order chi connectivity index (χ1) is 13.4. The van der Waals surface area contributed by atoms with E-state index in [1.807, 2.05) is 23.1 Å². The second-order valence-electron chi connectivity index (χ2n) is 8.36. The molecule has 0 bridgehead atoms. The van der Waals surface area contributed by atoms with Gasteiger partial charge in [0.15, 0.2) is 0 Å². The molecule has 1 spiro atoms. The van der Waals surface area contributed by atoms with Crippen LogP contribution in [0.15, 0.2) is 28.7 Å². The number of para-hydroxylation sites is 1. The normalized spacial score (nSPS) is 22.1. The molecule has 6 heteroatoms. The molecule has 2 saturated heterocycles. The van der Waals surface area contributed by atoms with Crippen LogP contribution < -0.4 is 5.32 Å². The topological polar surface area (TPSA) is 65.8 Å². The average Bonchev–Trinajstić information content (AvgIpc) is 3.13. The number of furan rings is 1. The zero-order valence-corrected chi connectivity index (χ0v) is 17.0. The van der Waals surface area contributed by atoms with Crippen LogP contribution in [0.25, 0.3) is 11.0 Å². The minimum absolute atomic E-state index is 0.00445. The SMILES string of the molecule is CC(=O)NC1CN(Cc2oc3ccccc3c2C)C2(CCN(C(C)=O)CC2)C1. The zero-order chi connectivity index (χ0) is 19.9. The molecule has 150 valence electrons. The summed E-state index contributed by atoms with van der Waals surface area (Å²) in [5.41, 5.74) is 2.12. The number of aryl methyl sites for hydroxylation is 1. The molecule has 1 aromatic carbocycles. The van der Waals surface area contributed by atoms with Gasteiger partial charge in [-0.3, -0.25) is 14.5 Å². The van der Waals surface area contributed by atoms with E-state index >= 15 is 0 Å². The van der Waals surface area contributed by atoms with Gasteiger partial charge in [-0.1, -0.05) is 18.2 Å². The number of carbonyl (C=O) groups is 2. The fourth-order valence-electron chi connectivity index (χ4n) is 5.04. The number of nitrogens with zero attached hydrogens (tertiary/aromatic N) is 2. The van der Waals surface area contributed by atoms with Crippen LogP contribution in [0.5, 0.6) is 0 Å². The molecule has 0 radical (unpaired) electrons. The maximum absolute atomic E-state index is 11.8. The van der Waals surface area contributed by atoms with Gasteiger partial charge in [-0.05, 0) is 37.8 Å². The van der Waals surface area contributed by atoms with Crippen LogP contribution in [0.3, 0.4) is 0 Å². The van der Waals surface area contributed by atoms with E-state index < -0.39 is 0 Å². The lowest BCUT2D eigenvalue weighted by molar-refractivity contribution is -0.131. The fourth-order valence-corrected chi connectivity index (χ4v) is 5.04. The zero-order valence-electron chi connectivity index (χ0n) is 17.0. The van der Waals surface area contributed by atoms with Crippen molar-refractivity contribution in [2.24, 2.45) is 0 Å². The van der Waals surface area contributed by atoms with E-state index in [2.05, 4.69) is 23.2 Å². The number of hydrogen-bond donors (Lipinski definition) is 1. The van der Waals surface area contributed by atoms with Crippen molar-refractivity contribution in [2.45, 2.75) is 58.2 Å². The molecule has 1 unspecified atom stereocenters. The third-order valence-corrected chi connectivity index (χ3v) is 6.56. The predicted octanol–water partition coefficient (Wildman–Crippen LogP) is 2.83. The van der Waals surface area contributed by atoms with Crippen LogP contribution in [-0.2, 0) is 16.1 Å². The number of likely N-dealkylation sites (tertiary alicyclic amines) is 2. The average molecular weight is 383 g/mol. The standard InChI is InChI=1S/C22H29N3O3/c1-15-19-6-4-5-7-20(19)28-21(15)14-25-13-18(23-16(2)26)12-22(25)8-10-24(11-9-22)17(3)27/h4-7,18H,8-14H2,1-3H3,(H,23,26). The van der Waals surface area contributed by atoms with Gasteiger partial charge >= 0.3 is 0 Å². The van der Waals surface area contributed by atoms with Crippen LogP contribution in [-0.4, -0.2) is 52.8 Å². The first kappa shape index (κ1) is 19.0. The van der Waals surface area contributed by atoms with Crippen molar-refractivity contribution in [1.82, 2.24) is 15.1 Å². The molecular weight excluding hydrogens is 354 g/mol. The van der Waals surface area contributed by atoms with Crippen LogP contribution >= 0.6 is 0 Å². The second-order valence-corrected chi connectivity index (χ2v) is 8.36.